The number of benzene rings is 1. The van der Waals surface area contributed by atoms with Crippen molar-refractivity contribution >= 4 is 17.6 Å². The van der Waals surface area contributed by atoms with Gasteiger partial charge >= 0.3 is 6.18 Å². The topological polar surface area (TPSA) is 88.9 Å². The molecule has 0 bridgehead atoms. The first-order valence-corrected chi connectivity index (χ1v) is 11.9. The van der Waals surface area contributed by atoms with Crippen LogP contribution in [-0.2, 0) is 6.18 Å². The van der Waals surface area contributed by atoms with E-state index >= 15 is 0 Å². The normalized spacial score (nSPS) is 14.2. The molecule has 8 nitrogen and oxygen atoms in total. The zero-order chi connectivity index (χ0) is 26.6. The number of pyridine rings is 1. The number of aliphatic hydroxyl groups excluding tert-OH is 2. The molecule has 1 fully saturated rings. The van der Waals surface area contributed by atoms with E-state index in [1.165, 1.54) is 18.3 Å². The van der Waals surface area contributed by atoms with Crippen LogP contribution < -0.4 is 14.7 Å². The van der Waals surface area contributed by atoms with Crippen LogP contribution in [0.25, 0.3) is 11.3 Å². The van der Waals surface area contributed by atoms with Gasteiger partial charge in [0.05, 0.1) is 24.5 Å². The number of rotatable bonds is 8. The zero-order valence-electron chi connectivity index (χ0n) is 20.3. The third kappa shape index (κ3) is 6.08. The van der Waals surface area contributed by atoms with Crippen molar-refractivity contribution in [3.63, 3.8) is 0 Å². The molecule has 0 spiro atoms. The third-order valence-electron chi connectivity index (χ3n) is 6.17. The molecular weight excluding hydrogens is 492 g/mol. The Bertz CT molecular complexity index is 1210. The standard InChI is InChI=1S/C25H28F4N6O2/c1-17-15-18(4-5-20(17)26)21-16-22(32-24(31-21)35(11-13-36)12-14-37)33-7-9-34(10-8-33)23-19(25(27,28)29)3-2-6-30-23/h2-6,15-16,36-37H,7-14H2,1H3. The highest BCUT2D eigenvalue weighted by atomic mass is 19.4. The fourth-order valence-corrected chi connectivity index (χ4v) is 4.25. The number of hydrogen-bond acceptors (Lipinski definition) is 8. The monoisotopic (exact) mass is 520 g/mol. The Morgan fingerprint density at radius 1 is 0.946 bits per heavy atom. The number of nitrogens with zero attached hydrogens (tertiary/aromatic N) is 6. The van der Waals surface area contributed by atoms with E-state index in [-0.39, 0.29) is 43.9 Å². The predicted octanol–water partition coefficient (Wildman–Crippen LogP) is 3.12. The van der Waals surface area contributed by atoms with E-state index < -0.39 is 11.7 Å². The number of halogens is 4. The Morgan fingerprint density at radius 3 is 2.24 bits per heavy atom. The highest BCUT2D eigenvalue weighted by Gasteiger charge is 2.36. The summed E-state index contributed by atoms with van der Waals surface area (Å²) in [6.45, 7) is 3.03. The van der Waals surface area contributed by atoms with E-state index in [2.05, 4.69) is 15.0 Å². The second-order valence-electron chi connectivity index (χ2n) is 8.66. The van der Waals surface area contributed by atoms with Crippen molar-refractivity contribution in [2.75, 3.05) is 67.2 Å². The van der Waals surface area contributed by atoms with E-state index in [0.29, 0.717) is 48.8 Å². The first kappa shape index (κ1) is 26.6. The quantitative estimate of drug-likeness (QED) is 0.438. The van der Waals surface area contributed by atoms with Gasteiger partial charge in [0.15, 0.2) is 0 Å². The Morgan fingerprint density at radius 2 is 1.62 bits per heavy atom. The lowest BCUT2D eigenvalue weighted by Gasteiger charge is -2.37. The molecule has 0 amide bonds. The van der Waals surface area contributed by atoms with Crippen LogP contribution in [0.3, 0.4) is 0 Å². The van der Waals surface area contributed by atoms with E-state index in [1.54, 1.807) is 34.9 Å². The van der Waals surface area contributed by atoms with Gasteiger partial charge in [-0.15, -0.1) is 0 Å². The maximum absolute atomic E-state index is 13.9. The summed E-state index contributed by atoms with van der Waals surface area (Å²) in [7, 11) is 0. The van der Waals surface area contributed by atoms with Gasteiger partial charge in [-0.1, -0.05) is 0 Å². The van der Waals surface area contributed by atoms with Crippen molar-refractivity contribution in [2.45, 2.75) is 13.1 Å². The summed E-state index contributed by atoms with van der Waals surface area (Å²) in [5.41, 5.74) is 0.866. The molecule has 0 atom stereocenters. The molecule has 2 aromatic heterocycles. The molecule has 2 N–H and O–H groups in total. The van der Waals surface area contributed by atoms with Gasteiger partial charge in [0.2, 0.25) is 5.95 Å². The molecule has 3 aromatic rings. The smallest absolute Gasteiger partial charge is 0.395 e. The van der Waals surface area contributed by atoms with Gasteiger partial charge in [0.1, 0.15) is 17.5 Å². The third-order valence-corrected chi connectivity index (χ3v) is 6.17. The number of aryl methyl sites for hydroxylation is 1. The van der Waals surface area contributed by atoms with Crippen LogP contribution in [-0.4, -0.2) is 77.6 Å². The minimum atomic E-state index is -4.51. The maximum atomic E-state index is 13.9. The van der Waals surface area contributed by atoms with Crippen molar-refractivity contribution in [3.8, 4) is 11.3 Å². The van der Waals surface area contributed by atoms with E-state index in [1.807, 2.05) is 4.90 Å². The average molecular weight is 521 g/mol. The Labute approximate surface area is 211 Å². The lowest BCUT2D eigenvalue weighted by atomic mass is 10.1. The molecule has 37 heavy (non-hydrogen) atoms. The molecule has 1 saturated heterocycles. The number of anilines is 3. The van der Waals surface area contributed by atoms with Crippen LogP contribution in [0.1, 0.15) is 11.1 Å². The minimum Gasteiger partial charge on any atom is -0.395 e. The summed E-state index contributed by atoms with van der Waals surface area (Å²) < 4.78 is 54.4. The first-order valence-electron chi connectivity index (χ1n) is 11.9. The van der Waals surface area contributed by atoms with Crippen LogP contribution >= 0.6 is 0 Å². The molecular formula is C25H28F4N6O2. The maximum Gasteiger partial charge on any atom is 0.419 e. The molecule has 1 aliphatic rings. The Balaban J connectivity index is 1.64. The molecule has 0 saturated carbocycles. The van der Waals surface area contributed by atoms with E-state index in [9.17, 15) is 27.8 Å². The van der Waals surface area contributed by atoms with Gasteiger partial charge in [0, 0.05) is 57.1 Å². The molecule has 1 aliphatic heterocycles. The van der Waals surface area contributed by atoms with Crippen molar-refractivity contribution in [3.05, 3.63) is 59.5 Å². The van der Waals surface area contributed by atoms with Gasteiger partial charge in [-0.25, -0.2) is 14.4 Å². The van der Waals surface area contributed by atoms with Crippen molar-refractivity contribution < 1.29 is 27.8 Å². The van der Waals surface area contributed by atoms with Crippen LogP contribution in [0.15, 0.2) is 42.6 Å². The highest BCUT2D eigenvalue weighted by molar-refractivity contribution is 5.66. The van der Waals surface area contributed by atoms with Gasteiger partial charge in [-0.3, -0.25) is 0 Å². The van der Waals surface area contributed by atoms with Crippen LogP contribution in [0, 0.1) is 12.7 Å². The molecule has 12 heteroatoms. The van der Waals surface area contributed by atoms with Gasteiger partial charge in [0.25, 0.3) is 0 Å². The number of alkyl halides is 3. The largest absolute Gasteiger partial charge is 0.419 e. The summed E-state index contributed by atoms with van der Waals surface area (Å²) in [5, 5.41) is 19.0. The molecule has 3 heterocycles. The number of piperazine rings is 1. The van der Waals surface area contributed by atoms with Gasteiger partial charge in [-0.05, 0) is 42.8 Å². The van der Waals surface area contributed by atoms with Gasteiger partial charge in [-0.2, -0.15) is 18.2 Å². The highest BCUT2D eigenvalue weighted by Crippen LogP contribution is 2.36. The fraction of sp³-hybridized carbons (Fsp3) is 0.400. The summed E-state index contributed by atoms with van der Waals surface area (Å²) >= 11 is 0. The number of aliphatic hydroxyl groups is 2. The average Bonchev–Trinajstić information content (AvgIpc) is 2.89. The Kier molecular flexibility index (Phi) is 8.08. The summed E-state index contributed by atoms with van der Waals surface area (Å²) in [6.07, 6.45) is -3.16. The first-order chi connectivity index (χ1) is 17.7. The molecule has 0 unspecified atom stereocenters. The summed E-state index contributed by atoms with van der Waals surface area (Å²) in [6, 6.07) is 8.69. The van der Waals surface area contributed by atoms with Crippen molar-refractivity contribution in [1.29, 1.82) is 0 Å². The molecule has 1 aromatic carbocycles. The second kappa shape index (κ2) is 11.3. The SMILES string of the molecule is Cc1cc(-c2cc(N3CCN(c4ncccc4C(F)(F)F)CC3)nc(N(CCO)CCO)n2)ccc1F. The van der Waals surface area contributed by atoms with Crippen LogP contribution in [0.5, 0.6) is 0 Å². The van der Waals surface area contributed by atoms with E-state index in [0.717, 1.165) is 6.07 Å². The summed E-state index contributed by atoms with van der Waals surface area (Å²) in [5.74, 6) is 0.380. The van der Waals surface area contributed by atoms with Gasteiger partial charge < -0.3 is 24.9 Å². The van der Waals surface area contributed by atoms with Crippen molar-refractivity contribution in [1.82, 2.24) is 15.0 Å². The minimum absolute atomic E-state index is 0.0995. The molecule has 198 valence electrons. The summed E-state index contributed by atoms with van der Waals surface area (Å²) in [4.78, 5) is 18.4. The number of aromatic nitrogens is 3. The van der Waals surface area contributed by atoms with E-state index in [4.69, 9.17) is 0 Å². The van der Waals surface area contributed by atoms with Crippen LogP contribution in [0.4, 0.5) is 35.1 Å². The van der Waals surface area contributed by atoms with Crippen LogP contribution in [0.2, 0.25) is 0 Å². The lowest BCUT2D eigenvalue weighted by Crippen LogP contribution is -2.47. The number of hydrogen-bond donors (Lipinski definition) is 2. The predicted molar refractivity (Wildman–Crippen MR) is 132 cm³/mol. The Hall–Kier alpha value is -3.51. The zero-order valence-corrected chi connectivity index (χ0v) is 20.3. The fourth-order valence-electron chi connectivity index (χ4n) is 4.25. The lowest BCUT2D eigenvalue weighted by molar-refractivity contribution is -0.137. The van der Waals surface area contributed by atoms with Crippen molar-refractivity contribution in [2.24, 2.45) is 0 Å². The molecule has 0 radical (unpaired) electrons. The second-order valence-corrected chi connectivity index (χ2v) is 8.66. The molecule has 0 aliphatic carbocycles. The molecule has 4 rings (SSSR count).